The molecule has 0 saturated carbocycles. The molecule has 5 nitrogen and oxygen atoms in total. The molecule has 0 saturated heterocycles. The molecule has 0 spiro atoms. The number of nitrogens with one attached hydrogen (secondary N) is 1. The monoisotopic (exact) mass is 258 g/mol. The Balaban J connectivity index is 2.04. The van der Waals surface area contributed by atoms with Gasteiger partial charge in [-0.05, 0) is 49.7 Å². The summed E-state index contributed by atoms with van der Waals surface area (Å²) in [5.74, 6) is -0.0726. The van der Waals surface area contributed by atoms with Gasteiger partial charge in [0.05, 0.1) is 11.9 Å². The lowest BCUT2D eigenvalue weighted by Crippen LogP contribution is -2.25. The predicted molar refractivity (Wildman–Crippen MR) is 74.3 cm³/mol. The Kier molecular flexibility index (Phi) is 4.30. The number of hydrogen-bond donors (Lipinski definition) is 2. The highest BCUT2D eigenvalue weighted by Gasteiger charge is 2.05. The Morgan fingerprint density at radius 3 is 2.68 bits per heavy atom. The summed E-state index contributed by atoms with van der Waals surface area (Å²) in [5, 5.41) is 7.05. The van der Waals surface area contributed by atoms with Gasteiger partial charge in [0.1, 0.15) is 0 Å². The molecule has 0 fully saturated rings. The van der Waals surface area contributed by atoms with Crippen LogP contribution in [0.4, 0.5) is 0 Å². The van der Waals surface area contributed by atoms with Gasteiger partial charge in [0.15, 0.2) is 0 Å². The Bertz CT molecular complexity index is 545. The van der Waals surface area contributed by atoms with Gasteiger partial charge in [0, 0.05) is 18.3 Å². The third-order valence-electron chi connectivity index (χ3n) is 2.77. The van der Waals surface area contributed by atoms with Gasteiger partial charge in [0.25, 0.3) is 5.91 Å². The van der Waals surface area contributed by atoms with Crippen LogP contribution in [0.2, 0.25) is 0 Å². The van der Waals surface area contributed by atoms with E-state index in [1.165, 1.54) is 0 Å². The number of nitrogens with two attached hydrogens (primary N) is 1. The van der Waals surface area contributed by atoms with E-state index in [1.807, 2.05) is 25.3 Å². The zero-order valence-electron chi connectivity index (χ0n) is 11.0. The second-order valence-electron chi connectivity index (χ2n) is 4.41. The predicted octanol–water partition coefficient (Wildman–Crippen LogP) is 1.26. The van der Waals surface area contributed by atoms with Gasteiger partial charge < -0.3 is 11.1 Å². The smallest absolute Gasteiger partial charge is 0.251 e. The van der Waals surface area contributed by atoms with E-state index in [2.05, 4.69) is 10.4 Å². The second-order valence-corrected chi connectivity index (χ2v) is 4.41. The van der Waals surface area contributed by atoms with Crippen molar-refractivity contribution < 1.29 is 4.79 Å². The Morgan fingerprint density at radius 1 is 1.37 bits per heavy atom. The summed E-state index contributed by atoms with van der Waals surface area (Å²) < 4.78 is 1.78. The highest BCUT2D eigenvalue weighted by atomic mass is 16.1. The summed E-state index contributed by atoms with van der Waals surface area (Å²) in [4.78, 5) is 11.8. The highest BCUT2D eigenvalue weighted by Crippen LogP contribution is 2.09. The second kappa shape index (κ2) is 6.15. The Hall–Kier alpha value is -2.14. The lowest BCUT2D eigenvalue weighted by atomic mass is 10.2. The quantitative estimate of drug-likeness (QED) is 0.793. The fourth-order valence-electron chi connectivity index (χ4n) is 1.73. The summed E-state index contributed by atoms with van der Waals surface area (Å²) in [5.41, 5.74) is 8.06. The topological polar surface area (TPSA) is 72.9 Å². The van der Waals surface area contributed by atoms with E-state index < -0.39 is 0 Å². The normalized spacial score (nSPS) is 10.4. The van der Waals surface area contributed by atoms with Gasteiger partial charge in [0.2, 0.25) is 0 Å². The molecular weight excluding hydrogens is 240 g/mol. The fraction of sp³-hybridized carbons (Fsp3) is 0.286. The van der Waals surface area contributed by atoms with Crippen LogP contribution in [0.5, 0.6) is 0 Å². The Labute approximate surface area is 112 Å². The van der Waals surface area contributed by atoms with E-state index in [0.29, 0.717) is 18.7 Å². The molecule has 0 aliphatic rings. The lowest BCUT2D eigenvalue weighted by Gasteiger charge is -2.05. The maximum atomic E-state index is 11.8. The molecule has 0 aliphatic carbocycles. The van der Waals surface area contributed by atoms with Crippen molar-refractivity contribution in [3.63, 3.8) is 0 Å². The van der Waals surface area contributed by atoms with E-state index >= 15 is 0 Å². The van der Waals surface area contributed by atoms with Crippen LogP contribution in [0, 0.1) is 6.92 Å². The van der Waals surface area contributed by atoms with E-state index in [-0.39, 0.29) is 5.91 Å². The minimum absolute atomic E-state index is 0.0726. The molecule has 1 aromatic carbocycles. The molecule has 2 aromatic rings. The van der Waals surface area contributed by atoms with E-state index in [1.54, 1.807) is 23.0 Å². The number of aryl methyl sites for hydroxylation is 1. The van der Waals surface area contributed by atoms with Crippen molar-refractivity contribution in [3.05, 3.63) is 47.8 Å². The van der Waals surface area contributed by atoms with E-state index in [0.717, 1.165) is 17.7 Å². The molecule has 5 heteroatoms. The van der Waals surface area contributed by atoms with Crippen LogP contribution in [0.25, 0.3) is 5.69 Å². The molecule has 0 atom stereocenters. The van der Waals surface area contributed by atoms with Gasteiger partial charge in [-0.1, -0.05) is 0 Å². The summed E-state index contributed by atoms with van der Waals surface area (Å²) in [7, 11) is 0. The number of carbonyl (C=O) groups excluding carboxylic acids is 1. The summed E-state index contributed by atoms with van der Waals surface area (Å²) in [6.07, 6.45) is 4.53. The summed E-state index contributed by atoms with van der Waals surface area (Å²) >= 11 is 0. The van der Waals surface area contributed by atoms with Crippen LogP contribution in [-0.2, 0) is 0 Å². The summed E-state index contributed by atoms with van der Waals surface area (Å²) in [6, 6.07) is 7.35. The number of amides is 1. The van der Waals surface area contributed by atoms with Crippen molar-refractivity contribution in [2.75, 3.05) is 13.1 Å². The van der Waals surface area contributed by atoms with E-state index in [4.69, 9.17) is 5.73 Å². The highest BCUT2D eigenvalue weighted by molar-refractivity contribution is 5.94. The lowest BCUT2D eigenvalue weighted by molar-refractivity contribution is 0.0953. The number of carbonyl (C=O) groups is 1. The number of aromatic nitrogens is 2. The zero-order valence-corrected chi connectivity index (χ0v) is 11.0. The first-order valence-corrected chi connectivity index (χ1v) is 6.30. The minimum Gasteiger partial charge on any atom is -0.352 e. The van der Waals surface area contributed by atoms with Crippen LogP contribution in [0.15, 0.2) is 36.7 Å². The van der Waals surface area contributed by atoms with Gasteiger partial charge in [-0.2, -0.15) is 5.10 Å². The molecule has 0 radical (unpaired) electrons. The van der Waals surface area contributed by atoms with Crippen LogP contribution in [-0.4, -0.2) is 28.8 Å². The molecule has 1 aromatic heterocycles. The van der Waals surface area contributed by atoms with Gasteiger partial charge in [-0.25, -0.2) is 4.68 Å². The average molecular weight is 258 g/mol. The molecule has 100 valence electrons. The van der Waals surface area contributed by atoms with Crippen LogP contribution in [0.1, 0.15) is 22.3 Å². The van der Waals surface area contributed by atoms with Crippen LogP contribution >= 0.6 is 0 Å². The fourth-order valence-corrected chi connectivity index (χ4v) is 1.73. The van der Waals surface area contributed by atoms with Crippen molar-refractivity contribution in [1.82, 2.24) is 15.1 Å². The third-order valence-corrected chi connectivity index (χ3v) is 2.77. The largest absolute Gasteiger partial charge is 0.352 e. The maximum absolute atomic E-state index is 11.8. The average Bonchev–Trinajstić information content (AvgIpc) is 2.86. The van der Waals surface area contributed by atoms with Crippen molar-refractivity contribution in [2.45, 2.75) is 13.3 Å². The standard InChI is InChI=1S/C14H18N4O/c1-11-9-17-18(10-11)13-5-3-12(4-6-13)14(19)16-8-2-7-15/h3-6,9-10H,2,7-8,15H2,1H3,(H,16,19). The number of hydrogen-bond acceptors (Lipinski definition) is 3. The molecule has 19 heavy (non-hydrogen) atoms. The van der Waals surface area contributed by atoms with E-state index in [9.17, 15) is 4.79 Å². The third kappa shape index (κ3) is 3.42. The van der Waals surface area contributed by atoms with Crippen molar-refractivity contribution >= 4 is 5.91 Å². The molecule has 3 N–H and O–H groups in total. The molecule has 2 rings (SSSR count). The Morgan fingerprint density at radius 2 is 2.11 bits per heavy atom. The van der Waals surface area contributed by atoms with Crippen LogP contribution < -0.4 is 11.1 Å². The van der Waals surface area contributed by atoms with Gasteiger partial charge >= 0.3 is 0 Å². The first kappa shape index (κ1) is 13.3. The number of nitrogens with zero attached hydrogens (tertiary/aromatic N) is 2. The number of benzene rings is 1. The molecular formula is C14H18N4O. The first-order valence-electron chi connectivity index (χ1n) is 6.30. The van der Waals surface area contributed by atoms with Crippen molar-refractivity contribution in [2.24, 2.45) is 5.73 Å². The van der Waals surface area contributed by atoms with Gasteiger partial charge in [-0.15, -0.1) is 0 Å². The SMILES string of the molecule is Cc1cnn(-c2ccc(C(=O)NCCCN)cc2)c1. The molecule has 0 aliphatic heterocycles. The number of rotatable bonds is 5. The minimum atomic E-state index is -0.0726. The molecule has 1 heterocycles. The van der Waals surface area contributed by atoms with Crippen molar-refractivity contribution in [3.8, 4) is 5.69 Å². The van der Waals surface area contributed by atoms with Gasteiger partial charge in [-0.3, -0.25) is 4.79 Å². The first-order chi connectivity index (χ1) is 9.20. The summed E-state index contributed by atoms with van der Waals surface area (Å²) in [6.45, 7) is 3.18. The molecule has 0 unspecified atom stereocenters. The van der Waals surface area contributed by atoms with Crippen molar-refractivity contribution in [1.29, 1.82) is 0 Å². The molecule has 1 amide bonds. The zero-order chi connectivity index (χ0) is 13.7. The molecule has 0 bridgehead atoms. The maximum Gasteiger partial charge on any atom is 0.251 e. The van der Waals surface area contributed by atoms with Crippen LogP contribution in [0.3, 0.4) is 0 Å².